The summed E-state index contributed by atoms with van der Waals surface area (Å²) in [4.78, 5) is 23.6. The standard InChI is InChI=1S/C18H18O7/c1-9-6-12(7-13(19)15(9)17(20)21)25-18(22)16-10(2)5-11(23-3)8-14(16)24-4/h5-8,19H,1-4H3,(H,20,21). The maximum Gasteiger partial charge on any atom is 0.347 e. The smallest absolute Gasteiger partial charge is 0.347 e. The highest BCUT2D eigenvalue weighted by Gasteiger charge is 2.21. The first kappa shape index (κ1) is 18.1. The van der Waals surface area contributed by atoms with Crippen LogP contribution >= 0.6 is 0 Å². The topological polar surface area (TPSA) is 102 Å². The van der Waals surface area contributed by atoms with E-state index in [0.29, 0.717) is 11.3 Å². The third-order valence-corrected chi connectivity index (χ3v) is 3.65. The van der Waals surface area contributed by atoms with Crippen LogP contribution < -0.4 is 14.2 Å². The van der Waals surface area contributed by atoms with Gasteiger partial charge in [-0.2, -0.15) is 0 Å². The number of hydrogen-bond donors (Lipinski definition) is 2. The van der Waals surface area contributed by atoms with Gasteiger partial charge in [0.05, 0.1) is 14.2 Å². The van der Waals surface area contributed by atoms with E-state index in [1.54, 1.807) is 19.1 Å². The molecule has 0 aliphatic rings. The summed E-state index contributed by atoms with van der Waals surface area (Å²) in [5, 5.41) is 18.9. The van der Waals surface area contributed by atoms with Crippen molar-refractivity contribution in [3.63, 3.8) is 0 Å². The van der Waals surface area contributed by atoms with Gasteiger partial charge in [0.1, 0.15) is 34.1 Å². The van der Waals surface area contributed by atoms with E-state index in [1.807, 2.05) is 0 Å². The lowest BCUT2D eigenvalue weighted by molar-refractivity contribution is 0.0692. The van der Waals surface area contributed by atoms with Crippen molar-refractivity contribution in [2.24, 2.45) is 0 Å². The molecule has 0 saturated carbocycles. The molecule has 0 aliphatic carbocycles. The van der Waals surface area contributed by atoms with Crippen molar-refractivity contribution in [1.29, 1.82) is 0 Å². The Balaban J connectivity index is 2.39. The van der Waals surface area contributed by atoms with Crippen molar-refractivity contribution in [2.75, 3.05) is 14.2 Å². The number of benzene rings is 2. The highest BCUT2D eigenvalue weighted by Crippen LogP contribution is 2.31. The van der Waals surface area contributed by atoms with E-state index in [-0.39, 0.29) is 28.2 Å². The van der Waals surface area contributed by atoms with Crippen LogP contribution in [0.4, 0.5) is 0 Å². The number of aromatic carboxylic acids is 1. The molecule has 0 radical (unpaired) electrons. The Bertz CT molecular complexity index is 817. The van der Waals surface area contributed by atoms with Gasteiger partial charge >= 0.3 is 11.9 Å². The van der Waals surface area contributed by atoms with E-state index < -0.39 is 17.7 Å². The SMILES string of the molecule is COc1cc(C)c(C(=O)Oc2cc(C)c(C(=O)O)c(O)c2)c(OC)c1. The molecule has 0 fully saturated rings. The van der Waals surface area contributed by atoms with Gasteiger partial charge in [0.25, 0.3) is 0 Å². The average Bonchev–Trinajstić information content (AvgIpc) is 2.52. The number of esters is 1. The van der Waals surface area contributed by atoms with Gasteiger partial charge in [-0.1, -0.05) is 0 Å². The third kappa shape index (κ3) is 3.65. The molecule has 0 aliphatic heterocycles. The fourth-order valence-corrected chi connectivity index (χ4v) is 2.49. The van der Waals surface area contributed by atoms with Crippen molar-refractivity contribution in [3.05, 3.63) is 46.5 Å². The van der Waals surface area contributed by atoms with Crippen molar-refractivity contribution in [1.82, 2.24) is 0 Å². The minimum atomic E-state index is -1.26. The molecular formula is C18H18O7. The van der Waals surface area contributed by atoms with Gasteiger partial charge in [0.2, 0.25) is 0 Å². The number of aryl methyl sites for hydroxylation is 2. The fourth-order valence-electron chi connectivity index (χ4n) is 2.49. The van der Waals surface area contributed by atoms with Crippen LogP contribution in [0, 0.1) is 13.8 Å². The van der Waals surface area contributed by atoms with Crippen molar-refractivity contribution >= 4 is 11.9 Å². The molecule has 2 aromatic carbocycles. The monoisotopic (exact) mass is 346 g/mol. The van der Waals surface area contributed by atoms with Crippen LogP contribution in [0.2, 0.25) is 0 Å². The molecule has 0 aromatic heterocycles. The lowest BCUT2D eigenvalue weighted by Gasteiger charge is -2.14. The van der Waals surface area contributed by atoms with Gasteiger partial charge in [0, 0.05) is 12.1 Å². The van der Waals surface area contributed by atoms with E-state index in [2.05, 4.69) is 0 Å². The van der Waals surface area contributed by atoms with Crippen LogP contribution in [0.3, 0.4) is 0 Å². The zero-order valence-corrected chi connectivity index (χ0v) is 14.2. The molecule has 2 aromatic rings. The largest absolute Gasteiger partial charge is 0.507 e. The van der Waals surface area contributed by atoms with Crippen LogP contribution in [0.5, 0.6) is 23.0 Å². The molecule has 0 spiro atoms. The average molecular weight is 346 g/mol. The van der Waals surface area contributed by atoms with Crippen molar-refractivity contribution in [2.45, 2.75) is 13.8 Å². The Morgan fingerprint density at radius 2 is 1.48 bits per heavy atom. The lowest BCUT2D eigenvalue weighted by Crippen LogP contribution is -2.13. The predicted octanol–water partition coefficient (Wildman–Crippen LogP) is 2.94. The zero-order chi connectivity index (χ0) is 18.7. The lowest BCUT2D eigenvalue weighted by atomic mass is 10.1. The number of hydrogen-bond acceptors (Lipinski definition) is 6. The summed E-state index contributed by atoms with van der Waals surface area (Å²) >= 11 is 0. The van der Waals surface area contributed by atoms with E-state index in [4.69, 9.17) is 19.3 Å². The van der Waals surface area contributed by atoms with E-state index in [9.17, 15) is 14.7 Å². The number of carboxylic acids is 1. The Hall–Kier alpha value is -3.22. The first-order valence-corrected chi connectivity index (χ1v) is 7.30. The molecule has 2 rings (SSSR count). The minimum Gasteiger partial charge on any atom is -0.507 e. The van der Waals surface area contributed by atoms with Gasteiger partial charge in [-0.15, -0.1) is 0 Å². The van der Waals surface area contributed by atoms with Crippen molar-refractivity contribution in [3.8, 4) is 23.0 Å². The van der Waals surface area contributed by atoms with Gasteiger partial charge in [-0.05, 0) is 37.1 Å². The van der Waals surface area contributed by atoms with Gasteiger partial charge in [0.15, 0.2) is 0 Å². The number of phenols is 1. The highest BCUT2D eigenvalue weighted by molar-refractivity contribution is 5.96. The second-order valence-electron chi connectivity index (χ2n) is 5.35. The number of carbonyl (C=O) groups is 2. The quantitative estimate of drug-likeness (QED) is 0.634. The summed E-state index contributed by atoms with van der Waals surface area (Å²) in [7, 11) is 2.92. The molecule has 7 nitrogen and oxygen atoms in total. The Morgan fingerprint density at radius 1 is 0.880 bits per heavy atom. The first-order chi connectivity index (χ1) is 11.8. The Labute approximate surface area is 144 Å². The van der Waals surface area contributed by atoms with E-state index in [0.717, 1.165) is 6.07 Å². The normalized spacial score (nSPS) is 10.2. The molecule has 0 amide bonds. The summed E-state index contributed by atoms with van der Waals surface area (Å²) in [5.41, 5.74) is 0.832. The number of carboxylic acid groups (broad SMARTS) is 1. The molecule has 0 atom stereocenters. The van der Waals surface area contributed by atoms with Crippen LogP contribution in [-0.2, 0) is 0 Å². The van der Waals surface area contributed by atoms with Crippen LogP contribution in [0.15, 0.2) is 24.3 Å². The first-order valence-electron chi connectivity index (χ1n) is 7.30. The minimum absolute atomic E-state index is 0.0299. The van der Waals surface area contributed by atoms with Crippen LogP contribution in [0.1, 0.15) is 31.8 Å². The highest BCUT2D eigenvalue weighted by atomic mass is 16.5. The number of rotatable bonds is 5. The summed E-state index contributed by atoms with van der Waals surface area (Å²) in [5.74, 6) is -1.59. The molecule has 7 heteroatoms. The molecular weight excluding hydrogens is 328 g/mol. The van der Waals surface area contributed by atoms with Crippen LogP contribution in [-0.4, -0.2) is 36.4 Å². The number of aromatic hydroxyl groups is 1. The van der Waals surface area contributed by atoms with E-state index >= 15 is 0 Å². The molecule has 132 valence electrons. The number of methoxy groups -OCH3 is 2. The molecule has 25 heavy (non-hydrogen) atoms. The van der Waals surface area contributed by atoms with E-state index in [1.165, 1.54) is 27.2 Å². The Morgan fingerprint density at radius 3 is 2.00 bits per heavy atom. The molecule has 0 unspecified atom stereocenters. The summed E-state index contributed by atoms with van der Waals surface area (Å²) < 4.78 is 15.6. The maximum absolute atomic E-state index is 12.5. The molecule has 0 heterocycles. The molecule has 2 N–H and O–H groups in total. The maximum atomic E-state index is 12.5. The molecule has 0 bridgehead atoms. The summed E-state index contributed by atoms with van der Waals surface area (Å²) in [6, 6.07) is 5.67. The third-order valence-electron chi connectivity index (χ3n) is 3.65. The second kappa shape index (κ2) is 7.12. The van der Waals surface area contributed by atoms with Gasteiger partial charge in [-0.3, -0.25) is 0 Å². The molecule has 0 saturated heterocycles. The predicted molar refractivity (Wildman–Crippen MR) is 89.0 cm³/mol. The van der Waals surface area contributed by atoms with Crippen LogP contribution in [0.25, 0.3) is 0 Å². The van der Waals surface area contributed by atoms with Gasteiger partial charge in [-0.25, -0.2) is 9.59 Å². The van der Waals surface area contributed by atoms with Crippen molar-refractivity contribution < 1.29 is 34.0 Å². The number of ether oxygens (including phenoxy) is 3. The fraction of sp³-hybridized carbons (Fsp3) is 0.222. The second-order valence-corrected chi connectivity index (χ2v) is 5.35. The number of carbonyl (C=O) groups excluding carboxylic acids is 1. The summed E-state index contributed by atoms with van der Waals surface area (Å²) in [6.45, 7) is 3.21. The summed E-state index contributed by atoms with van der Waals surface area (Å²) in [6.07, 6.45) is 0. The Kier molecular flexibility index (Phi) is 5.17. The van der Waals surface area contributed by atoms with Gasteiger partial charge < -0.3 is 24.4 Å². The zero-order valence-electron chi connectivity index (χ0n) is 14.2.